The standard InChI is InChI=1S/C14H20N2O2S/c15-12-3-4-13-11(10-12)2-5-14(13)16-6-1-8-19(17,18)9-7-16/h3-4,10,14H,1-2,5-9,15H2. The number of nitrogen functional groups attached to an aromatic ring is 1. The molecule has 0 bridgehead atoms. The Kier molecular flexibility index (Phi) is 3.27. The van der Waals surface area contributed by atoms with E-state index in [0.717, 1.165) is 31.5 Å². The van der Waals surface area contributed by atoms with Crippen LogP contribution in [0.4, 0.5) is 5.69 Å². The summed E-state index contributed by atoms with van der Waals surface area (Å²) < 4.78 is 23.4. The summed E-state index contributed by atoms with van der Waals surface area (Å²) in [5.74, 6) is 0.638. The molecule has 1 saturated heterocycles. The molecule has 1 atom stereocenters. The first kappa shape index (κ1) is 12.9. The van der Waals surface area contributed by atoms with Gasteiger partial charge in [0.15, 0.2) is 9.84 Å². The third kappa shape index (κ3) is 2.62. The lowest BCUT2D eigenvalue weighted by molar-refractivity contribution is 0.212. The molecular weight excluding hydrogens is 260 g/mol. The van der Waals surface area contributed by atoms with Crippen LogP contribution in [0.15, 0.2) is 18.2 Å². The molecular formula is C14H20N2O2S. The summed E-state index contributed by atoms with van der Waals surface area (Å²) in [5.41, 5.74) is 9.31. The first-order valence-corrected chi connectivity index (χ1v) is 8.70. The SMILES string of the molecule is Nc1ccc2c(c1)CCC2N1CCCS(=O)(=O)CC1. The van der Waals surface area contributed by atoms with Gasteiger partial charge in [0.1, 0.15) is 0 Å². The normalized spacial score (nSPS) is 26.8. The van der Waals surface area contributed by atoms with E-state index in [1.807, 2.05) is 6.07 Å². The second-order valence-corrected chi connectivity index (χ2v) is 7.86. The van der Waals surface area contributed by atoms with Gasteiger partial charge in [-0.2, -0.15) is 0 Å². The van der Waals surface area contributed by atoms with E-state index in [4.69, 9.17) is 5.73 Å². The smallest absolute Gasteiger partial charge is 0.151 e. The van der Waals surface area contributed by atoms with Crippen LogP contribution in [0, 0.1) is 0 Å². The van der Waals surface area contributed by atoms with Crippen LogP contribution in [0.25, 0.3) is 0 Å². The lowest BCUT2D eigenvalue weighted by atomic mass is 10.1. The fraction of sp³-hybridized carbons (Fsp3) is 0.571. The maximum Gasteiger partial charge on any atom is 0.151 e. The second-order valence-electron chi connectivity index (χ2n) is 5.55. The van der Waals surface area contributed by atoms with Gasteiger partial charge in [0.25, 0.3) is 0 Å². The van der Waals surface area contributed by atoms with Gasteiger partial charge in [-0.05, 0) is 49.1 Å². The number of hydrogen-bond donors (Lipinski definition) is 1. The molecule has 1 aliphatic heterocycles. The average Bonchev–Trinajstić information content (AvgIpc) is 2.67. The molecule has 4 nitrogen and oxygen atoms in total. The highest BCUT2D eigenvalue weighted by Crippen LogP contribution is 2.37. The molecule has 5 heteroatoms. The van der Waals surface area contributed by atoms with E-state index in [1.54, 1.807) is 0 Å². The van der Waals surface area contributed by atoms with E-state index in [9.17, 15) is 8.42 Å². The van der Waals surface area contributed by atoms with Gasteiger partial charge in [-0.3, -0.25) is 4.90 Å². The zero-order valence-corrected chi connectivity index (χ0v) is 11.8. The lowest BCUT2D eigenvalue weighted by Gasteiger charge is -2.27. The molecule has 1 unspecified atom stereocenters. The quantitative estimate of drug-likeness (QED) is 0.789. The minimum absolute atomic E-state index is 0.299. The first-order chi connectivity index (χ1) is 9.05. The van der Waals surface area contributed by atoms with Crippen molar-refractivity contribution in [1.82, 2.24) is 4.90 Å². The number of hydrogen-bond acceptors (Lipinski definition) is 4. The van der Waals surface area contributed by atoms with Crippen molar-refractivity contribution in [1.29, 1.82) is 0 Å². The van der Waals surface area contributed by atoms with Crippen molar-refractivity contribution >= 4 is 15.5 Å². The van der Waals surface area contributed by atoms with Gasteiger partial charge in [0.05, 0.1) is 11.5 Å². The summed E-state index contributed by atoms with van der Waals surface area (Å²) in [5, 5.41) is 0. The van der Waals surface area contributed by atoms with Crippen LogP contribution >= 0.6 is 0 Å². The highest BCUT2D eigenvalue weighted by molar-refractivity contribution is 7.91. The monoisotopic (exact) mass is 280 g/mol. The van der Waals surface area contributed by atoms with E-state index < -0.39 is 9.84 Å². The number of anilines is 1. The van der Waals surface area contributed by atoms with Crippen LogP contribution in [0.3, 0.4) is 0 Å². The second kappa shape index (κ2) is 4.80. The van der Waals surface area contributed by atoms with Gasteiger partial charge in [0.2, 0.25) is 0 Å². The molecule has 2 N–H and O–H groups in total. The summed E-state index contributed by atoms with van der Waals surface area (Å²) in [7, 11) is -2.83. The number of sulfone groups is 1. The average molecular weight is 280 g/mol. The van der Waals surface area contributed by atoms with Gasteiger partial charge >= 0.3 is 0 Å². The van der Waals surface area contributed by atoms with E-state index >= 15 is 0 Å². The van der Waals surface area contributed by atoms with Crippen molar-refractivity contribution in [2.24, 2.45) is 0 Å². The number of fused-ring (bicyclic) bond motifs is 1. The molecule has 1 fully saturated rings. The van der Waals surface area contributed by atoms with Crippen molar-refractivity contribution in [2.75, 3.05) is 30.3 Å². The van der Waals surface area contributed by atoms with Gasteiger partial charge in [0, 0.05) is 18.3 Å². The van der Waals surface area contributed by atoms with Crippen molar-refractivity contribution in [3.63, 3.8) is 0 Å². The molecule has 104 valence electrons. The Hall–Kier alpha value is -1.07. The van der Waals surface area contributed by atoms with Gasteiger partial charge in [-0.15, -0.1) is 0 Å². The summed E-state index contributed by atoms with van der Waals surface area (Å²) in [6.45, 7) is 1.55. The molecule has 3 rings (SSSR count). The zero-order chi connectivity index (χ0) is 13.5. The molecule has 2 aliphatic rings. The minimum Gasteiger partial charge on any atom is -0.399 e. The van der Waals surface area contributed by atoms with Crippen LogP contribution in [-0.2, 0) is 16.3 Å². The van der Waals surface area contributed by atoms with Crippen molar-refractivity contribution < 1.29 is 8.42 Å². The summed E-state index contributed by atoms with van der Waals surface area (Å²) in [4.78, 5) is 2.34. The predicted molar refractivity (Wildman–Crippen MR) is 76.8 cm³/mol. The van der Waals surface area contributed by atoms with E-state index in [0.29, 0.717) is 24.1 Å². The number of nitrogens with two attached hydrogens (primary N) is 1. The zero-order valence-electron chi connectivity index (χ0n) is 11.0. The molecule has 0 amide bonds. The molecule has 1 heterocycles. The van der Waals surface area contributed by atoms with Gasteiger partial charge in [-0.25, -0.2) is 8.42 Å². The van der Waals surface area contributed by atoms with E-state index in [1.165, 1.54) is 11.1 Å². The van der Waals surface area contributed by atoms with Crippen molar-refractivity contribution in [3.05, 3.63) is 29.3 Å². The topological polar surface area (TPSA) is 63.4 Å². The van der Waals surface area contributed by atoms with Crippen LogP contribution in [-0.4, -0.2) is 37.9 Å². The lowest BCUT2D eigenvalue weighted by Crippen LogP contribution is -2.30. The van der Waals surface area contributed by atoms with Gasteiger partial charge < -0.3 is 5.73 Å². The maximum absolute atomic E-state index is 11.7. The highest BCUT2D eigenvalue weighted by Gasteiger charge is 2.30. The summed E-state index contributed by atoms with van der Waals surface area (Å²) in [6, 6.07) is 6.50. The molecule has 0 aromatic heterocycles. The molecule has 19 heavy (non-hydrogen) atoms. The van der Waals surface area contributed by atoms with Gasteiger partial charge in [-0.1, -0.05) is 6.07 Å². The Labute approximate surface area is 114 Å². The third-order valence-corrected chi connectivity index (χ3v) is 5.96. The van der Waals surface area contributed by atoms with Crippen LogP contribution in [0.1, 0.15) is 30.0 Å². The maximum atomic E-state index is 11.7. The first-order valence-electron chi connectivity index (χ1n) is 6.88. The largest absolute Gasteiger partial charge is 0.399 e. The number of benzene rings is 1. The third-order valence-electron chi connectivity index (χ3n) is 4.24. The highest BCUT2D eigenvalue weighted by atomic mass is 32.2. The van der Waals surface area contributed by atoms with Crippen molar-refractivity contribution in [3.8, 4) is 0 Å². The number of aryl methyl sites for hydroxylation is 1. The molecule has 1 aromatic carbocycles. The molecule has 1 aromatic rings. The number of rotatable bonds is 1. The fourth-order valence-electron chi connectivity index (χ4n) is 3.26. The molecule has 0 radical (unpaired) electrons. The van der Waals surface area contributed by atoms with E-state index in [2.05, 4.69) is 17.0 Å². The Morgan fingerprint density at radius 2 is 2.05 bits per heavy atom. The van der Waals surface area contributed by atoms with E-state index in [-0.39, 0.29) is 0 Å². The number of nitrogens with zero attached hydrogens (tertiary/aromatic N) is 1. The van der Waals surface area contributed by atoms with Crippen molar-refractivity contribution in [2.45, 2.75) is 25.3 Å². The Balaban J connectivity index is 1.82. The molecule has 1 aliphatic carbocycles. The van der Waals surface area contributed by atoms with Crippen LogP contribution in [0.2, 0.25) is 0 Å². The molecule has 0 spiro atoms. The molecule has 0 saturated carbocycles. The van der Waals surface area contributed by atoms with Crippen LogP contribution < -0.4 is 5.73 Å². The Morgan fingerprint density at radius 1 is 1.21 bits per heavy atom. The minimum atomic E-state index is -2.83. The Bertz CT molecular complexity index is 583. The fourth-order valence-corrected chi connectivity index (χ4v) is 4.55. The summed E-state index contributed by atoms with van der Waals surface area (Å²) >= 11 is 0. The summed E-state index contributed by atoms with van der Waals surface area (Å²) in [6.07, 6.45) is 2.89. The Morgan fingerprint density at radius 3 is 2.89 bits per heavy atom. The van der Waals surface area contributed by atoms with Crippen LogP contribution in [0.5, 0.6) is 0 Å². The predicted octanol–water partition coefficient (Wildman–Crippen LogP) is 1.38.